The fourth-order valence-corrected chi connectivity index (χ4v) is 3.85. The molecule has 0 aromatic heterocycles. The second-order valence-corrected chi connectivity index (χ2v) is 7.08. The zero-order chi connectivity index (χ0) is 12.3. The fourth-order valence-electron chi connectivity index (χ4n) is 1.54. The van der Waals surface area contributed by atoms with Crippen LogP contribution in [0.1, 0.15) is 37.6 Å². The second-order valence-electron chi connectivity index (χ2n) is 5.12. The minimum absolute atomic E-state index is 0.313. The Hall–Kier alpha value is -0.0200. The van der Waals surface area contributed by atoms with E-state index in [2.05, 4.69) is 58.7 Å². The van der Waals surface area contributed by atoms with E-state index in [-0.39, 0.29) is 0 Å². The summed E-state index contributed by atoms with van der Waals surface area (Å²) in [5.74, 6) is 0.881. The van der Waals surface area contributed by atoms with Gasteiger partial charge in [0.2, 0.25) is 0 Å². The van der Waals surface area contributed by atoms with Gasteiger partial charge in [-0.15, -0.1) is 0 Å². The van der Waals surface area contributed by atoms with Gasteiger partial charge in [0.1, 0.15) is 5.75 Å². The van der Waals surface area contributed by atoms with Gasteiger partial charge in [0.15, 0.2) is 0 Å². The van der Waals surface area contributed by atoms with Gasteiger partial charge >= 0.3 is 0 Å². The summed E-state index contributed by atoms with van der Waals surface area (Å²) in [7, 11) is 1.68. The molecule has 0 spiro atoms. The van der Waals surface area contributed by atoms with E-state index in [1.54, 1.807) is 7.11 Å². The molecule has 0 heterocycles. The van der Waals surface area contributed by atoms with E-state index in [1.807, 2.05) is 12.1 Å². The highest BCUT2D eigenvalue weighted by Crippen LogP contribution is 2.39. The second kappa shape index (κ2) is 5.54. The highest BCUT2D eigenvalue weighted by Gasteiger charge is 2.19. The van der Waals surface area contributed by atoms with Gasteiger partial charge in [-0.3, -0.25) is 0 Å². The monoisotopic (exact) mass is 348 g/mol. The summed E-state index contributed by atoms with van der Waals surface area (Å²) < 4.78 is 6.28. The third-order valence-electron chi connectivity index (χ3n) is 2.34. The molecule has 0 fully saturated rings. The van der Waals surface area contributed by atoms with Gasteiger partial charge in [0, 0.05) is 9.30 Å². The van der Waals surface area contributed by atoms with Crippen molar-refractivity contribution in [2.75, 3.05) is 7.11 Å². The highest BCUT2D eigenvalue weighted by molar-refractivity contribution is 9.11. The van der Waals surface area contributed by atoms with Crippen molar-refractivity contribution in [3.8, 4) is 5.75 Å². The van der Waals surface area contributed by atoms with Crippen molar-refractivity contribution in [2.45, 2.75) is 32.0 Å². The van der Waals surface area contributed by atoms with Gasteiger partial charge in [0.05, 0.1) is 7.11 Å². The van der Waals surface area contributed by atoms with Gasteiger partial charge in [-0.05, 0) is 29.5 Å². The minimum Gasteiger partial charge on any atom is -0.497 e. The first-order valence-electron chi connectivity index (χ1n) is 5.31. The first-order chi connectivity index (χ1) is 7.33. The maximum Gasteiger partial charge on any atom is 0.120 e. The van der Waals surface area contributed by atoms with Crippen LogP contribution in [0.2, 0.25) is 0 Å². The lowest BCUT2D eigenvalue weighted by atomic mass is 9.88. The van der Waals surface area contributed by atoms with E-state index in [0.717, 1.165) is 16.6 Å². The SMILES string of the molecule is COc1ccc(C(Br)CC(C)(C)C)c(Br)c1. The molecule has 0 N–H and O–H groups in total. The molecule has 16 heavy (non-hydrogen) atoms. The average molecular weight is 350 g/mol. The number of alkyl halides is 1. The van der Waals surface area contributed by atoms with Crippen molar-refractivity contribution in [3.63, 3.8) is 0 Å². The molecule has 1 aromatic rings. The van der Waals surface area contributed by atoms with E-state index in [0.29, 0.717) is 10.2 Å². The molecule has 1 aromatic carbocycles. The summed E-state index contributed by atoms with van der Waals surface area (Å²) in [6.07, 6.45) is 1.10. The number of hydrogen-bond donors (Lipinski definition) is 0. The molecule has 0 aliphatic rings. The molecule has 0 amide bonds. The lowest BCUT2D eigenvalue weighted by molar-refractivity contribution is 0.376. The summed E-state index contributed by atoms with van der Waals surface area (Å²) >= 11 is 7.33. The predicted octanol–water partition coefficient (Wildman–Crippen LogP) is 5.33. The Labute approximate surface area is 115 Å². The molecule has 3 heteroatoms. The van der Waals surface area contributed by atoms with E-state index >= 15 is 0 Å². The van der Waals surface area contributed by atoms with Gasteiger partial charge in [-0.2, -0.15) is 0 Å². The quantitative estimate of drug-likeness (QED) is 0.670. The Morgan fingerprint density at radius 1 is 1.31 bits per heavy atom. The molecular weight excluding hydrogens is 332 g/mol. The average Bonchev–Trinajstić information content (AvgIpc) is 2.14. The van der Waals surface area contributed by atoms with Crippen molar-refractivity contribution in [3.05, 3.63) is 28.2 Å². The number of ether oxygens (including phenoxy) is 1. The first-order valence-corrected chi connectivity index (χ1v) is 7.02. The van der Waals surface area contributed by atoms with Gasteiger partial charge in [-0.1, -0.05) is 58.7 Å². The van der Waals surface area contributed by atoms with Crippen molar-refractivity contribution in [1.82, 2.24) is 0 Å². The lowest BCUT2D eigenvalue weighted by Crippen LogP contribution is -2.08. The molecule has 1 unspecified atom stereocenters. The molecule has 1 rings (SSSR count). The van der Waals surface area contributed by atoms with Gasteiger partial charge in [0.25, 0.3) is 0 Å². The molecule has 0 radical (unpaired) electrons. The maximum atomic E-state index is 5.19. The van der Waals surface area contributed by atoms with Crippen LogP contribution in [0.3, 0.4) is 0 Å². The van der Waals surface area contributed by atoms with E-state index in [1.165, 1.54) is 5.56 Å². The first kappa shape index (κ1) is 14.0. The molecule has 0 saturated heterocycles. The largest absolute Gasteiger partial charge is 0.497 e. The summed E-state index contributed by atoms with van der Waals surface area (Å²) in [5, 5.41) is 0. The summed E-state index contributed by atoms with van der Waals surface area (Å²) in [6.45, 7) is 6.75. The van der Waals surface area contributed by atoms with Crippen LogP contribution >= 0.6 is 31.9 Å². The van der Waals surface area contributed by atoms with E-state index in [9.17, 15) is 0 Å². The minimum atomic E-state index is 0.313. The molecule has 0 bridgehead atoms. The van der Waals surface area contributed by atoms with Crippen LogP contribution in [0, 0.1) is 5.41 Å². The molecular formula is C13H18Br2O. The van der Waals surface area contributed by atoms with Crippen LogP contribution in [-0.2, 0) is 0 Å². The molecule has 1 atom stereocenters. The van der Waals surface area contributed by atoms with Gasteiger partial charge in [-0.25, -0.2) is 0 Å². The Kier molecular flexibility index (Phi) is 4.87. The summed E-state index contributed by atoms with van der Waals surface area (Å²) in [5.41, 5.74) is 1.59. The Bertz CT molecular complexity index is 355. The third kappa shape index (κ3) is 4.10. The summed E-state index contributed by atoms with van der Waals surface area (Å²) in [6, 6.07) is 6.11. The van der Waals surface area contributed by atoms with E-state index < -0.39 is 0 Å². The van der Waals surface area contributed by atoms with Crippen molar-refractivity contribution in [1.29, 1.82) is 0 Å². The Morgan fingerprint density at radius 2 is 1.94 bits per heavy atom. The maximum absolute atomic E-state index is 5.19. The molecule has 0 aliphatic heterocycles. The van der Waals surface area contributed by atoms with Crippen LogP contribution in [0.4, 0.5) is 0 Å². The predicted molar refractivity (Wildman–Crippen MR) is 76.4 cm³/mol. The standard InChI is InChI=1S/C13H18Br2O/c1-13(2,3)8-12(15)10-6-5-9(16-4)7-11(10)14/h5-7,12H,8H2,1-4H3. The molecule has 1 nitrogen and oxygen atoms in total. The van der Waals surface area contributed by atoms with Crippen LogP contribution in [0.5, 0.6) is 5.75 Å². The lowest BCUT2D eigenvalue weighted by Gasteiger charge is -2.23. The molecule has 0 saturated carbocycles. The van der Waals surface area contributed by atoms with Crippen LogP contribution in [0.15, 0.2) is 22.7 Å². The van der Waals surface area contributed by atoms with Crippen LogP contribution < -0.4 is 4.74 Å². The van der Waals surface area contributed by atoms with Crippen molar-refractivity contribution < 1.29 is 4.74 Å². The van der Waals surface area contributed by atoms with Crippen LogP contribution in [0.25, 0.3) is 0 Å². The smallest absolute Gasteiger partial charge is 0.120 e. The Balaban J connectivity index is 2.88. The van der Waals surface area contributed by atoms with Crippen LogP contribution in [-0.4, -0.2) is 7.11 Å². The molecule has 0 aliphatic carbocycles. The van der Waals surface area contributed by atoms with Crippen molar-refractivity contribution >= 4 is 31.9 Å². The third-order valence-corrected chi connectivity index (χ3v) is 3.84. The fraction of sp³-hybridized carbons (Fsp3) is 0.538. The zero-order valence-corrected chi connectivity index (χ0v) is 13.4. The van der Waals surface area contributed by atoms with Crippen molar-refractivity contribution in [2.24, 2.45) is 5.41 Å². The molecule has 90 valence electrons. The normalized spacial score (nSPS) is 13.6. The number of benzene rings is 1. The highest BCUT2D eigenvalue weighted by atomic mass is 79.9. The number of rotatable bonds is 3. The number of halogens is 2. The van der Waals surface area contributed by atoms with E-state index in [4.69, 9.17) is 4.74 Å². The Morgan fingerprint density at radius 3 is 2.38 bits per heavy atom. The number of methoxy groups -OCH3 is 1. The zero-order valence-electron chi connectivity index (χ0n) is 10.2. The topological polar surface area (TPSA) is 9.23 Å². The van der Waals surface area contributed by atoms with Gasteiger partial charge < -0.3 is 4.74 Å². The summed E-state index contributed by atoms with van der Waals surface area (Å²) in [4.78, 5) is 0.368. The number of hydrogen-bond acceptors (Lipinski definition) is 1.